The number of thiocarbonyl (C=S) groups is 1. The summed E-state index contributed by atoms with van der Waals surface area (Å²) in [5.41, 5.74) is 2.25. The molecule has 0 spiro atoms. The number of hydrogen-bond acceptors (Lipinski definition) is 4. The van der Waals surface area contributed by atoms with Gasteiger partial charge in [0.1, 0.15) is 5.82 Å². The summed E-state index contributed by atoms with van der Waals surface area (Å²) < 4.78 is 13.3. The summed E-state index contributed by atoms with van der Waals surface area (Å²) in [5.74, 6) is -0.339. The van der Waals surface area contributed by atoms with Crippen LogP contribution in [0.15, 0.2) is 73.1 Å². The van der Waals surface area contributed by atoms with Crippen molar-refractivity contribution in [3.05, 3.63) is 94.6 Å². The first-order chi connectivity index (χ1) is 13.0. The summed E-state index contributed by atoms with van der Waals surface area (Å²) in [5, 5.41) is 14.2. The van der Waals surface area contributed by atoms with E-state index in [1.54, 1.807) is 41.6 Å². The van der Waals surface area contributed by atoms with Gasteiger partial charge in [-0.25, -0.2) is 4.39 Å². The van der Waals surface area contributed by atoms with Crippen LogP contribution in [0.4, 0.5) is 21.5 Å². The van der Waals surface area contributed by atoms with Crippen LogP contribution in [0.3, 0.4) is 0 Å². The van der Waals surface area contributed by atoms with Gasteiger partial charge in [0.05, 0.1) is 11.5 Å². The Morgan fingerprint density at radius 1 is 1.15 bits per heavy atom. The number of halogens is 1. The van der Waals surface area contributed by atoms with Crippen LogP contribution in [0, 0.1) is 15.9 Å². The molecule has 0 saturated carbocycles. The number of nitrogens with zero attached hydrogens (tertiary/aromatic N) is 3. The number of hydrogen-bond donors (Lipinski definition) is 1. The number of nitro benzene ring substituents is 1. The summed E-state index contributed by atoms with van der Waals surface area (Å²) >= 11 is 5.52. The van der Waals surface area contributed by atoms with Crippen LogP contribution in [-0.2, 0) is 6.54 Å². The Morgan fingerprint density at radius 2 is 1.85 bits per heavy atom. The number of aromatic nitrogens is 1. The lowest BCUT2D eigenvalue weighted by atomic mass is 10.2. The molecule has 6 nitrogen and oxygen atoms in total. The molecule has 27 heavy (non-hydrogen) atoms. The van der Waals surface area contributed by atoms with E-state index in [9.17, 15) is 14.5 Å². The van der Waals surface area contributed by atoms with Crippen LogP contribution in [0.25, 0.3) is 0 Å². The highest BCUT2D eigenvalue weighted by Crippen LogP contribution is 2.21. The Kier molecular flexibility index (Phi) is 5.68. The molecule has 0 fully saturated rings. The molecule has 136 valence electrons. The quantitative estimate of drug-likeness (QED) is 0.397. The Labute approximate surface area is 160 Å². The summed E-state index contributed by atoms with van der Waals surface area (Å²) in [7, 11) is 0. The van der Waals surface area contributed by atoms with Gasteiger partial charge in [0, 0.05) is 35.9 Å². The number of rotatable bonds is 5. The first-order valence-electron chi connectivity index (χ1n) is 8.00. The van der Waals surface area contributed by atoms with E-state index in [0.717, 1.165) is 5.56 Å². The summed E-state index contributed by atoms with van der Waals surface area (Å²) in [6.45, 7) is 0.429. The zero-order valence-electron chi connectivity index (χ0n) is 14.1. The zero-order valence-corrected chi connectivity index (χ0v) is 14.9. The van der Waals surface area contributed by atoms with Gasteiger partial charge in [0.15, 0.2) is 5.11 Å². The molecular formula is C19H15FN4O2S. The highest BCUT2D eigenvalue weighted by Gasteiger charge is 2.14. The molecule has 3 aromatic rings. The molecule has 0 aliphatic rings. The second-order valence-corrected chi connectivity index (χ2v) is 6.04. The maximum atomic E-state index is 13.3. The molecule has 1 heterocycles. The number of benzene rings is 2. The van der Waals surface area contributed by atoms with Gasteiger partial charge in [-0.2, -0.15) is 0 Å². The molecule has 0 amide bonds. The lowest BCUT2D eigenvalue weighted by Crippen LogP contribution is -2.34. The van der Waals surface area contributed by atoms with Crippen molar-refractivity contribution in [3.8, 4) is 0 Å². The number of nitrogens with one attached hydrogen (secondary N) is 1. The molecule has 0 unspecified atom stereocenters. The maximum Gasteiger partial charge on any atom is 0.269 e. The Balaban J connectivity index is 1.83. The van der Waals surface area contributed by atoms with Gasteiger partial charge in [-0.15, -0.1) is 0 Å². The fourth-order valence-electron chi connectivity index (χ4n) is 2.43. The summed E-state index contributed by atoms with van der Waals surface area (Å²) in [6.07, 6.45) is 3.41. The van der Waals surface area contributed by atoms with Gasteiger partial charge in [0.25, 0.3) is 5.69 Å². The van der Waals surface area contributed by atoms with E-state index >= 15 is 0 Å². The average Bonchev–Trinajstić information content (AvgIpc) is 2.68. The minimum absolute atomic E-state index is 0.00257. The third-order valence-electron chi connectivity index (χ3n) is 3.78. The van der Waals surface area contributed by atoms with Crippen molar-refractivity contribution < 1.29 is 9.31 Å². The Bertz CT molecular complexity index is 934. The number of nitro groups is 1. The third kappa shape index (κ3) is 4.83. The first kappa shape index (κ1) is 18.4. The monoisotopic (exact) mass is 382 g/mol. The fraction of sp³-hybridized carbons (Fsp3) is 0.0526. The molecule has 0 aliphatic heterocycles. The largest absolute Gasteiger partial charge is 0.332 e. The SMILES string of the molecule is O=[N+]([O-])c1ccc(NC(=S)N(Cc2cccnc2)c2ccc(F)cc2)cc1. The number of anilines is 2. The fourth-order valence-corrected chi connectivity index (χ4v) is 2.72. The standard InChI is InChI=1S/C19H15FN4O2S/c20-15-3-7-17(8-4-15)23(13-14-2-1-11-21-12-14)19(27)22-16-5-9-18(10-6-16)24(25)26/h1-12H,13H2,(H,22,27). The van der Waals surface area contributed by atoms with Crippen molar-refractivity contribution in [2.45, 2.75) is 6.54 Å². The normalized spacial score (nSPS) is 10.3. The molecule has 0 radical (unpaired) electrons. The third-order valence-corrected chi connectivity index (χ3v) is 4.10. The predicted octanol–water partition coefficient (Wildman–Crippen LogP) is 4.53. The highest BCUT2D eigenvalue weighted by molar-refractivity contribution is 7.80. The molecule has 1 aromatic heterocycles. The van der Waals surface area contributed by atoms with Gasteiger partial charge >= 0.3 is 0 Å². The van der Waals surface area contributed by atoms with E-state index in [1.165, 1.54) is 24.3 Å². The van der Waals surface area contributed by atoms with E-state index in [1.807, 2.05) is 12.1 Å². The van der Waals surface area contributed by atoms with Crippen molar-refractivity contribution in [1.29, 1.82) is 0 Å². The summed E-state index contributed by atoms with van der Waals surface area (Å²) in [6, 6.07) is 15.7. The van der Waals surface area contributed by atoms with Gasteiger partial charge in [-0.05, 0) is 60.2 Å². The van der Waals surface area contributed by atoms with Crippen LogP contribution >= 0.6 is 12.2 Å². The van der Waals surface area contributed by atoms with Gasteiger partial charge in [0.2, 0.25) is 0 Å². The smallest absolute Gasteiger partial charge is 0.269 e. The highest BCUT2D eigenvalue weighted by atomic mass is 32.1. The molecule has 2 aromatic carbocycles. The van der Waals surface area contributed by atoms with E-state index in [-0.39, 0.29) is 11.5 Å². The molecule has 0 saturated heterocycles. The Hall–Kier alpha value is -3.39. The molecule has 1 N–H and O–H groups in total. The Morgan fingerprint density at radius 3 is 2.44 bits per heavy atom. The molecule has 0 atom stereocenters. The van der Waals surface area contributed by atoms with Crippen LogP contribution in [0.2, 0.25) is 0 Å². The lowest BCUT2D eigenvalue weighted by Gasteiger charge is -2.26. The van der Waals surface area contributed by atoms with Crippen LogP contribution in [-0.4, -0.2) is 15.0 Å². The van der Waals surface area contributed by atoms with Crippen LogP contribution < -0.4 is 10.2 Å². The topological polar surface area (TPSA) is 71.3 Å². The van der Waals surface area contributed by atoms with Crippen LogP contribution in [0.1, 0.15) is 5.56 Å². The van der Waals surface area contributed by atoms with E-state index in [2.05, 4.69) is 10.3 Å². The van der Waals surface area contributed by atoms with Crippen LogP contribution in [0.5, 0.6) is 0 Å². The van der Waals surface area contributed by atoms with E-state index < -0.39 is 4.92 Å². The molecule has 8 heteroatoms. The first-order valence-corrected chi connectivity index (χ1v) is 8.41. The lowest BCUT2D eigenvalue weighted by molar-refractivity contribution is -0.384. The molecule has 0 bridgehead atoms. The second kappa shape index (κ2) is 8.33. The number of non-ortho nitro benzene ring substituents is 1. The molecular weight excluding hydrogens is 367 g/mol. The molecule has 3 rings (SSSR count). The van der Waals surface area contributed by atoms with Crippen molar-refractivity contribution in [2.75, 3.05) is 10.2 Å². The van der Waals surface area contributed by atoms with Gasteiger partial charge in [-0.3, -0.25) is 15.1 Å². The predicted molar refractivity (Wildman–Crippen MR) is 106 cm³/mol. The van der Waals surface area contributed by atoms with Gasteiger partial charge < -0.3 is 10.2 Å². The zero-order chi connectivity index (χ0) is 19.2. The average molecular weight is 382 g/mol. The molecule has 0 aliphatic carbocycles. The maximum absolute atomic E-state index is 13.3. The van der Waals surface area contributed by atoms with Crippen molar-refractivity contribution in [2.24, 2.45) is 0 Å². The van der Waals surface area contributed by atoms with Crippen molar-refractivity contribution >= 4 is 34.4 Å². The number of pyridine rings is 1. The van der Waals surface area contributed by atoms with E-state index in [0.29, 0.717) is 23.0 Å². The second-order valence-electron chi connectivity index (χ2n) is 5.66. The minimum atomic E-state index is -0.463. The van der Waals surface area contributed by atoms with E-state index in [4.69, 9.17) is 12.2 Å². The van der Waals surface area contributed by atoms with Gasteiger partial charge in [-0.1, -0.05) is 6.07 Å². The van der Waals surface area contributed by atoms with Crippen molar-refractivity contribution in [1.82, 2.24) is 4.98 Å². The summed E-state index contributed by atoms with van der Waals surface area (Å²) in [4.78, 5) is 16.2. The minimum Gasteiger partial charge on any atom is -0.332 e. The van der Waals surface area contributed by atoms with Crippen molar-refractivity contribution in [3.63, 3.8) is 0 Å².